The number of aliphatic hydroxyl groups is 1. The number of nitrogens with one attached hydrogen (secondary N) is 1. The van der Waals surface area contributed by atoms with E-state index in [0.29, 0.717) is 5.56 Å². The van der Waals surface area contributed by atoms with Gasteiger partial charge in [0.1, 0.15) is 0 Å². The molecule has 2 heterocycles. The van der Waals surface area contributed by atoms with E-state index in [4.69, 9.17) is 4.74 Å². The SMILES string of the molecule is COC1C(c2c(-c3ccccc3)[nH]n(C(C)(C)C)c2=O)C(O)C1c1c(C)n(C)c2ccccc12. The maximum atomic E-state index is 13.7. The number of ether oxygens (including phenoxy) is 1. The fourth-order valence-electron chi connectivity index (χ4n) is 5.68. The van der Waals surface area contributed by atoms with Crippen molar-refractivity contribution in [1.29, 1.82) is 0 Å². The predicted molar refractivity (Wildman–Crippen MR) is 135 cm³/mol. The zero-order chi connectivity index (χ0) is 24.4. The third-order valence-corrected chi connectivity index (χ3v) is 7.49. The summed E-state index contributed by atoms with van der Waals surface area (Å²) in [6, 6.07) is 18.1. The van der Waals surface area contributed by atoms with Gasteiger partial charge in [0, 0.05) is 42.6 Å². The third kappa shape index (κ3) is 3.20. The van der Waals surface area contributed by atoms with Crippen molar-refractivity contribution < 1.29 is 9.84 Å². The molecule has 34 heavy (non-hydrogen) atoms. The number of aromatic nitrogens is 3. The summed E-state index contributed by atoms with van der Waals surface area (Å²) < 4.78 is 9.84. The molecular formula is C28H33N3O3. The molecule has 6 heteroatoms. The zero-order valence-electron chi connectivity index (χ0n) is 20.7. The first kappa shape index (κ1) is 22.7. The van der Waals surface area contributed by atoms with Crippen LogP contribution in [0.2, 0.25) is 0 Å². The zero-order valence-corrected chi connectivity index (χ0v) is 20.7. The second-order valence-electron chi connectivity index (χ2n) is 10.4. The van der Waals surface area contributed by atoms with Gasteiger partial charge in [0.05, 0.1) is 29.0 Å². The number of aryl methyl sites for hydroxylation is 1. The molecule has 0 radical (unpaired) electrons. The fourth-order valence-corrected chi connectivity index (χ4v) is 5.68. The van der Waals surface area contributed by atoms with E-state index in [1.165, 1.54) is 0 Å². The van der Waals surface area contributed by atoms with Crippen LogP contribution in [0.1, 0.15) is 49.4 Å². The Labute approximate surface area is 199 Å². The van der Waals surface area contributed by atoms with Crippen molar-refractivity contribution in [3.8, 4) is 11.3 Å². The van der Waals surface area contributed by atoms with Crippen LogP contribution in [0.15, 0.2) is 59.4 Å². The van der Waals surface area contributed by atoms with Crippen LogP contribution in [-0.4, -0.2) is 38.8 Å². The molecular weight excluding hydrogens is 426 g/mol. The van der Waals surface area contributed by atoms with Gasteiger partial charge in [-0.1, -0.05) is 48.5 Å². The minimum Gasteiger partial charge on any atom is -0.392 e. The molecule has 1 aliphatic carbocycles. The standard InChI is InChI=1S/C28H33N3O3/c1-16-20(18-14-10-11-15-19(18)30(16)5)22-25(32)23(26(22)34-6)21-24(17-12-8-7-9-13-17)29-31(27(21)33)28(2,3)4/h7-15,22-23,25-26,29,32H,1-6H3. The minimum atomic E-state index is -0.742. The molecule has 0 amide bonds. The molecule has 5 rings (SSSR count). The van der Waals surface area contributed by atoms with Gasteiger partial charge in [-0.3, -0.25) is 9.89 Å². The normalized spacial score (nSPS) is 22.8. The van der Waals surface area contributed by atoms with Gasteiger partial charge in [-0.2, -0.15) is 0 Å². The molecule has 1 fully saturated rings. The smallest absolute Gasteiger partial charge is 0.271 e. The Bertz CT molecular complexity index is 1400. The molecule has 4 aromatic rings. The lowest BCUT2D eigenvalue weighted by Gasteiger charge is -2.48. The summed E-state index contributed by atoms with van der Waals surface area (Å²) in [6.07, 6.45) is -1.06. The fraction of sp³-hybridized carbons (Fsp3) is 0.393. The lowest BCUT2D eigenvalue weighted by atomic mass is 9.62. The highest BCUT2D eigenvalue weighted by molar-refractivity contribution is 5.86. The van der Waals surface area contributed by atoms with Gasteiger partial charge in [-0.05, 0) is 44.9 Å². The predicted octanol–water partition coefficient (Wildman–Crippen LogP) is 4.66. The van der Waals surface area contributed by atoms with Gasteiger partial charge in [-0.15, -0.1) is 0 Å². The number of hydrogen-bond donors (Lipinski definition) is 2. The van der Waals surface area contributed by atoms with E-state index >= 15 is 0 Å². The number of H-pyrrole nitrogens is 1. The first-order valence-corrected chi connectivity index (χ1v) is 11.8. The van der Waals surface area contributed by atoms with Crippen molar-refractivity contribution >= 4 is 10.9 Å². The van der Waals surface area contributed by atoms with E-state index in [0.717, 1.165) is 33.4 Å². The maximum Gasteiger partial charge on any atom is 0.271 e. The van der Waals surface area contributed by atoms with Crippen molar-refractivity contribution in [3.63, 3.8) is 0 Å². The maximum absolute atomic E-state index is 13.7. The average molecular weight is 460 g/mol. The molecule has 0 aliphatic heterocycles. The average Bonchev–Trinajstić information content (AvgIpc) is 3.28. The molecule has 2 N–H and O–H groups in total. The van der Waals surface area contributed by atoms with Gasteiger partial charge in [-0.25, -0.2) is 4.68 Å². The molecule has 4 atom stereocenters. The Hall–Kier alpha value is -3.09. The molecule has 2 aromatic carbocycles. The second-order valence-corrected chi connectivity index (χ2v) is 10.4. The lowest BCUT2D eigenvalue weighted by Crippen LogP contribution is -2.54. The lowest BCUT2D eigenvalue weighted by molar-refractivity contribution is -0.0986. The Kier molecular flexibility index (Phi) is 5.34. The van der Waals surface area contributed by atoms with Gasteiger partial charge in [0.2, 0.25) is 0 Å². The topological polar surface area (TPSA) is 72.2 Å². The van der Waals surface area contributed by atoms with Gasteiger partial charge in [0.15, 0.2) is 0 Å². The first-order chi connectivity index (χ1) is 16.2. The van der Waals surface area contributed by atoms with Gasteiger partial charge < -0.3 is 14.4 Å². The molecule has 1 aliphatic rings. The molecule has 0 bridgehead atoms. The summed E-state index contributed by atoms with van der Waals surface area (Å²) in [7, 11) is 3.72. The van der Waals surface area contributed by atoms with Crippen LogP contribution in [0, 0.1) is 6.92 Å². The van der Waals surface area contributed by atoms with E-state index in [1.54, 1.807) is 11.8 Å². The quantitative estimate of drug-likeness (QED) is 0.466. The van der Waals surface area contributed by atoms with Crippen LogP contribution in [0.4, 0.5) is 0 Å². The number of aliphatic hydroxyl groups excluding tert-OH is 1. The van der Waals surface area contributed by atoms with Crippen molar-refractivity contribution in [2.24, 2.45) is 7.05 Å². The number of para-hydroxylation sites is 1. The Balaban J connectivity index is 1.67. The van der Waals surface area contributed by atoms with Crippen LogP contribution in [-0.2, 0) is 17.3 Å². The number of nitrogens with zero attached hydrogens (tertiary/aromatic N) is 2. The number of benzene rings is 2. The van der Waals surface area contributed by atoms with E-state index in [1.807, 2.05) is 70.3 Å². The van der Waals surface area contributed by atoms with Crippen molar-refractivity contribution in [2.45, 2.75) is 57.3 Å². The highest BCUT2D eigenvalue weighted by atomic mass is 16.5. The third-order valence-electron chi connectivity index (χ3n) is 7.49. The van der Waals surface area contributed by atoms with Crippen molar-refractivity contribution in [3.05, 3.63) is 81.8 Å². The summed E-state index contributed by atoms with van der Waals surface area (Å²) in [4.78, 5) is 13.7. The monoisotopic (exact) mass is 459 g/mol. The Morgan fingerprint density at radius 1 is 0.971 bits per heavy atom. The largest absolute Gasteiger partial charge is 0.392 e. The van der Waals surface area contributed by atoms with E-state index in [-0.39, 0.29) is 17.6 Å². The van der Waals surface area contributed by atoms with E-state index in [2.05, 4.69) is 28.7 Å². The molecule has 1 saturated carbocycles. The Morgan fingerprint density at radius 2 is 1.59 bits per heavy atom. The summed E-state index contributed by atoms with van der Waals surface area (Å²) in [5.41, 5.74) is 5.06. The number of methoxy groups -OCH3 is 1. The number of aromatic amines is 1. The summed E-state index contributed by atoms with van der Waals surface area (Å²) in [5.74, 6) is -0.655. The van der Waals surface area contributed by atoms with Gasteiger partial charge in [0.25, 0.3) is 5.56 Å². The van der Waals surface area contributed by atoms with E-state index < -0.39 is 17.6 Å². The Morgan fingerprint density at radius 3 is 2.24 bits per heavy atom. The molecule has 4 unspecified atom stereocenters. The van der Waals surface area contributed by atoms with Crippen molar-refractivity contribution in [2.75, 3.05) is 7.11 Å². The minimum absolute atomic E-state index is 0.106. The first-order valence-electron chi connectivity index (χ1n) is 11.8. The number of fused-ring (bicyclic) bond motifs is 1. The summed E-state index contributed by atoms with van der Waals surface area (Å²) >= 11 is 0. The highest BCUT2D eigenvalue weighted by Gasteiger charge is 2.55. The van der Waals surface area contributed by atoms with Crippen LogP contribution in [0.5, 0.6) is 0 Å². The van der Waals surface area contributed by atoms with Crippen LogP contribution < -0.4 is 5.56 Å². The van der Waals surface area contributed by atoms with Crippen LogP contribution >= 0.6 is 0 Å². The molecule has 0 saturated heterocycles. The molecule has 178 valence electrons. The summed E-state index contributed by atoms with van der Waals surface area (Å²) in [6.45, 7) is 8.07. The molecule has 0 spiro atoms. The molecule has 6 nitrogen and oxygen atoms in total. The highest BCUT2D eigenvalue weighted by Crippen LogP contribution is 2.53. The molecule has 2 aromatic heterocycles. The van der Waals surface area contributed by atoms with E-state index in [9.17, 15) is 9.90 Å². The van der Waals surface area contributed by atoms with Crippen LogP contribution in [0.3, 0.4) is 0 Å². The summed E-state index contributed by atoms with van der Waals surface area (Å²) in [5, 5.41) is 16.1. The van der Waals surface area contributed by atoms with Crippen LogP contribution in [0.25, 0.3) is 22.2 Å². The second kappa shape index (κ2) is 8.00. The van der Waals surface area contributed by atoms with Gasteiger partial charge >= 0.3 is 0 Å². The van der Waals surface area contributed by atoms with Crippen molar-refractivity contribution in [1.82, 2.24) is 14.3 Å². The number of rotatable bonds is 4. The number of hydrogen-bond acceptors (Lipinski definition) is 3.